The van der Waals surface area contributed by atoms with Gasteiger partial charge in [0.1, 0.15) is 4.83 Å². The lowest BCUT2D eigenvalue weighted by atomic mass is 10.1. The van der Waals surface area contributed by atoms with Crippen LogP contribution in [0.5, 0.6) is 0 Å². The van der Waals surface area contributed by atoms with E-state index in [0.29, 0.717) is 27.2 Å². The zero-order chi connectivity index (χ0) is 19.7. The molecular weight excluding hydrogens is 374 g/mol. The molecule has 0 radical (unpaired) electrons. The van der Waals surface area contributed by atoms with Gasteiger partial charge >= 0.3 is 0 Å². The first-order chi connectivity index (χ1) is 13.6. The average molecular weight is 398 g/mol. The number of carbonyl (C=O) groups excluding carboxylic acids is 1. The number of thiophene rings is 1. The Labute approximate surface area is 167 Å². The van der Waals surface area contributed by atoms with Crippen molar-refractivity contribution in [3.05, 3.63) is 57.0 Å². The molecule has 6 nitrogen and oxygen atoms in total. The minimum atomic E-state index is -0.213. The number of ether oxygens (including phenoxy) is 1. The van der Waals surface area contributed by atoms with E-state index in [1.165, 1.54) is 16.9 Å². The van der Waals surface area contributed by atoms with E-state index in [0.717, 1.165) is 31.6 Å². The van der Waals surface area contributed by atoms with Gasteiger partial charge < -0.3 is 10.1 Å². The molecule has 0 unspecified atom stereocenters. The van der Waals surface area contributed by atoms with Crippen LogP contribution in [0.4, 0.5) is 5.69 Å². The van der Waals surface area contributed by atoms with Gasteiger partial charge in [0.2, 0.25) is 0 Å². The summed E-state index contributed by atoms with van der Waals surface area (Å²) in [5.41, 5.74) is 2.53. The monoisotopic (exact) mass is 397 g/mol. The molecule has 1 aliphatic heterocycles. The Hall–Kier alpha value is -2.51. The summed E-state index contributed by atoms with van der Waals surface area (Å²) in [4.78, 5) is 31.3. The molecule has 1 atom stereocenters. The molecule has 1 fully saturated rings. The van der Waals surface area contributed by atoms with Gasteiger partial charge in [-0.05, 0) is 49.4 Å². The Balaban J connectivity index is 1.62. The molecule has 0 saturated carbocycles. The Morgan fingerprint density at radius 2 is 2.14 bits per heavy atom. The van der Waals surface area contributed by atoms with Crippen LogP contribution in [-0.2, 0) is 17.7 Å². The Bertz CT molecular complexity index is 1060. The Kier molecular flexibility index (Phi) is 5.28. The van der Waals surface area contributed by atoms with E-state index in [9.17, 15) is 9.59 Å². The first-order valence-electron chi connectivity index (χ1n) is 9.57. The number of hydrogen-bond donors (Lipinski definition) is 1. The third-order valence-electron chi connectivity index (χ3n) is 5.17. The van der Waals surface area contributed by atoms with Crippen molar-refractivity contribution in [2.45, 2.75) is 45.8 Å². The van der Waals surface area contributed by atoms with Gasteiger partial charge in [0.05, 0.1) is 29.2 Å². The van der Waals surface area contributed by atoms with E-state index in [-0.39, 0.29) is 17.6 Å². The zero-order valence-corrected chi connectivity index (χ0v) is 16.8. The van der Waals surface area contributed by atoms with Crippen LogP contribution >= 0.6 is 11.3 Å². The van der Waals surface area contributed by atoms with E-state index in [1.807, 2.05) is 31.2 Å². The van der Waals surface area contributed by atoms with Gasteiger partial charge in [0.25, 0.3) is 11.5 Å². The van der Waals surface area contributed by atoms with Crippen molar-refractivity contribution in [1.29, 1.82) is 0 Å². The minimum absolute atomic E-state index is 0.0600. The maximum Gasteiger partial charge on any atom is 0.266 e. The van der Waals surface area contributed by atoms with Gasteiger partial charge in [-0.15, -0.1) is 11.3 Å². The Morgan fingerprint density at radius 1 is 1.36 bits per heavy atom. The number of fused-ring (bicyclic) bond motifs is 1. The molecule has 1 aliphatic rings. The van der Waals surface area contributed by atoms with Gasteiger partial charge in [-0.2, -0.15) is 0 Å². The van der Waals surface area contributed by atoms with E-state index >= 15 is 0 Å². The smallest absolute Gasteiger partial charge is 0.266 e. The molecule has 1 saturated heterocycles. The van der Waals surface area contributed by atoms with Crippen molar-refractivity contribution in [3.8, 4) is 0 Å². The fourth-order valence-corrected chi connectivity index (χ4v) is 4.56. The number of nitrogens with one attached hydrogen (secondary N) is 1. The molecule has 0 spiro atoms. The zero-order valence-electron chi connectivity index (χ0n) is 16.0. The molecule has 28 heavy (non-hydrogen) atoms. The quantitative estimate of drug-likeness (QED) is 0.711. The SMILES string of the molecule is CCc1ccc(NC(=O)c2sc3ncn(C[C@@H]4CCCO4)c(=O)c3c2C)cc1. The van der Waals surface area contributed by atoms with Gasteiger partial charge in [-0.1, -0.05) is 19.1 Å². The summed E-state index contributed by atoms with van der Waals surface area (Å²) in [6.07, 6.45) is 4.55. The summed E-state index contributed by atoms with van der Waals surface area (Å²) in [7, 11) is 0. The number of amides is 1. The van der Waals surface area contributed by atoms with Crippen LogP contribution in [0.15, 0.2) is 35.4 Å². The van der Waals surface area contributed by atoms with Crippen molar-refractivity contribution in [1.82, 2.24) is 9.55 Å². The molecule has 1 amide bonds. The van der Waals surface area contributed by atoms with Crippen molar-refractivity contribution in [2.75, 3.05) is 11.9 Å². The normalized spacial score (nSPS) is 16.6. The highest BCUT2D eigenvalue weighted by atomic mass is 32.1. The predicted molar refractivity (Wildman–Crippen MR) is 111 cm³/mol. The molecule has 4 rings (SSSR count). The highest BCUT2D eigenvalue weighted by Crippen LogP contribution is 2.28. The fraction of sp³-hybridized carbons (Fsp3) is 0.381. The summed E-state index contributed by atoms with van der Waals surface area (Å²) < 4.78 is 7.23. The van der Waals surface area contributed by atoms with Gasteiger partial charge in [0.15, 0.2) is 0 Å². The summed E-state index contributed by atoms with van der Waals surface area (Å²) >= 11 is 1.26. The predicted octanol–water partition coefficient (Wildman–Crippen LogP) is 3.76. The molecule has 0 bridgehead atoms. The lowest BCUT2D eigenvalue weighted by Crippen LogP contribution is -2.26. The van der Waals surface area contributed by atoms with E-state index in [2.05, 4.69) is 17.2 Å². The van der Waals surface area contributed by atoms with Crippen molar-refractivity contribution < 1.29 is 9.53 Å². The van der Waals surface area contributed by atoms with Crippen LogP contribution in [0.1, 0.15) is 40.6 Å². The van der Waals surface area contributed by atoms with E-state index in [4.69, 9.17) is 4.74 Å². The number of benzene rings is 1. The number of rotatable bonds is 5. The molecule has 1 aromatic carbocycles. The third kappa shape index (κ3) is 3.59. The van der Waals surface area contributed by atoms with Gasteiger partial charge in [-0.3, -0.25) is 14.2 Å². The number of aromatic nitrogens is 2. The lowest BCUT2D eigenvalue weighted by Gasteiger charge is -2.11. The number of anilines is 1. The number of hydrogen-bond acceptors (Lipinski definition) is 5. The lowest BCUT2D eigenvalue weighted by molar-refractivity contribution is 0.0960. The van der Waals surface area contributed by atoms with Gasteiger partial charge in [0, 0.05) is 12.3 Å². The number of aryl methyl sites for hydroxylation is 2. The summed E-state index contributed by atoms with van der Waals surface area (Å²) in [6, 6.07) is 7.79. The molecule has 2 aromatic heterocycles. The third-order valence-corrected chi connectivity index (χ3v) is 6.37. The van der Waals surface area contributed by atoms with Gasteiger partial charge in [-0.25, -0.2) is 4.98 Å². The topological polar surface area (TPSA) is 73.2 Å². The fourth-order valence-electron chi connectivity index (χ4n) is 3.53. The van der Waals surface area contributed by atoms with Crippen LogP contribution in [-0.4, -0.2) is 28.2 Å². The van der Waals surface area contributed by atoms with Crippen LogP contribution < -0.4 is 10.9 Å². The maximum atomic E-state index is 12.9. The molecule has 3 heterocycles. The molecule has 0 aliphatic carbocycles. The molecule has 3 aromatic rings. The molecule has 1 N–H and O–H groups in total. The number of nitrogens with zero attached hydrogens (tertiary/aromatic N) is 2. The van der Waals surface area contributed by atoms with E-state index < -0.39 is 0 Å². The van der Waals surface area contributed by atoms with Crippen LogP contribution in [0, 0.1) is 6.92 Å². The second kappa shape index (κ2) is 7.85. The summed E-state index contributed by atoms with van der Waals surface area (Å²) in [5, 5.41) is 3.44. The highest BCUT2D eigenvalue weighted by Gasteiger charge is 2.22. The summed E-state index contributed by atoms with van der Waals surface area (Å²) in [5.74, 6) is -0.213. The second-order valence-electron chi connectivity index (χ2n) is 7.08. The molecule has 146 valence electrons. The van der Waals surface area contributed by atoms with Crippen molar-refractivity contribution in [2.24, 2.45) is 0 Å². The van der Waals surface area contributed by atoms with Crippen molar-refractivity contribution in [3.63, 3.8) is 0 Å². The molecule has 7 heteroatoms. The first-order valence-corrected chi connectivity index (χ1v) is 10.4. The van der Waals surface area contributed by atoms with Crippen LogP contribution in [0.2, 0.25) is 0 Å². The maximum absolute atomic E-state index is 12.9. The summed E-state index contributed by atoms with van der Waals surface area (Å²) in [6.45, 7) is 5.15. The first kappa shape index (κ1) is 18.8. The van der Waals surface area contributed by atoms with Crippen molar-refractivity contribution >= 4 is 33.1 Å². The van der Waals surface area contributed by atoms with Crippen LogP contribution in [0.25, 0.3) is 10.2 Å². The number of carbonyl (C=O) groups is 1. The molecular formula is C21H23N3O3S. The highest BCUT2D eigenvalue weighted by molar-refractivity contribution is 7.20. The largest absolute Gasteiger partial charge is 0.376 e. The Morgan fingerprint density at radius 3 is 2.82 bits per heavy atom. The average Bonchev–Trinajstić information content (AvgIpc) is 3.33. The minimum Gasteiger partial charge on any atom is -0.376 e. The standard InChI is InChI=1S/C21H23N3O3S/c1-3-14-6-8-15(9-7-14)23-19(25)18-13(2)17-20(28-18)22-12-24(21(17)26)11-16-5-4-10-27-16/h6-9,12,16H,3-5,10-11H2,1-2H3,(H,23,25)/t16-/m0/s1. The van der Waals surface area contributed by atoms with E-state index in [1.54, 1.807) is 10.9 Å². The second-order valence-corrected chi connectivity index (χ2v) is 8.08. The van der Waals surface area contributed by atoms with Crippen LogP contribution in [0.3, 0.4) is 0 Å².